The summed E-state index contributed by atoms with van der Waals surface area (Å²) in [6.07, 6.45) is 1.05. The number of methoxy groups -OCH3 is 1. The smallest absolute Gasteiger partial charge is 0.271 e. The summed E-state index contributed by atoms with van der Waals surface area (Å²) >= 11 is 12.6. The minimum atomic E-state index is -4.14. The average molecular weight is 561 g/mol. The fourth-order valence-corrected chi connectivity index (χ4v) is 4.88. The molecular weight excluding hydrogens is 535 g/mol. The van der Waals surface area contributed by atoms with Crippen molar-refractivity contribution >= 4 is 56.4 Å². The molecule has 0 heterocycles. The molecule has 36 heavy (non-hydrogen) atoms. The Bertz CT molecular complexity index is 1240. The van der Waals surface area contributed by atoms with Crippen molar-refractivity contribution in [2.24, 2.45) is 0 Å². The lowest BCUT2D eigenvalue weighted by Crippen LogP contribution is -2.51. The first kappa shape index (κ1) is 29.1. The van der Waals surface area contributed by atoms with Crippen LogP contribution in [-0.2, 0) is 26.2 Å². The first-order valence-corrected chi connectivity index (χ1v) is 13.2. The summed E-state index contributed by atoms with van der Waals surface area (Å²) in [5.74, 6) is -1.24. The van der Waals surface area contributed by atoms with Gasteiger partial charge in [0.1, 0.15) is 24.0 Å². The van der Waals surface area contributed by atoms with Crippen LogP contribution in [0.5, 0.6) is 5.75 Å². The Hall–Kier alpha value is -3.09. The van der Waals surface area contributed by atoms with E-state index in [9.17, 15) is 28.1 Å². The molecule has 2 aromatic rings. The fraction of sp³-hybridized carbons (Fsp3) is 0.364. The number of carbonyl (C=O) groups is 2. The highest BCUT2D eigenvalue weighted by atomic mass is 35.5. The summed E-state index contributed by atoms with van der Waals surface area (Å²) < 4.78 is 31.4. The molecule has 0 radical (unpaired) electrons. The maximum absolute atomic E-state index is 13.6. The maximum atomic E-state index is 13.6. The van der Waals surface area contributed by atoms with Gasteiger partial charge in [0.15, 0.2) is 0 Å². The third-order valence-corrected chi connectivity index (χ3v) is 7.18. The lowest BCUT2D eigenvalue weighted by atomic mass is 10.1. The van der Waals surface area contributed by atoms with Crippen molar-refractivity contribution in [2.75, 3.05) is 31.3 Å². The van der Waals surface area contributed by atoms with Gasteiger partial charge in [-0.25, -0.2) is 8.42 Å². The number of amides is 2. The van der Waals surface area contributed by atoms with Crippen LogP contribution in [0.15, 0.2) is 36.4 Å². The third-order valence-electron chi connectivity index (χ3n) is 5.34. The Morgan fingerprint density at radius 2 is 1.81 bits per heavy atom. The molecule has 0 fully saturated rings. The molecule has 0 aliphatic rings. The number of rotatable bonds is 11. The standard InChI is InChI=1S/C22H26Cl2N4O7S/c1-5-18(22(30)25-2)26(12-15-16(23)7-6-8-17(15)24)21(29)13-27(36(4,33)34)19-11-14(28(31)32)9-10-20(19)35-3/h6-11,18H,5,12-13H2,1-4H3,(H,25,30). The van der Waals surface area contributed by atoms with Crippen molar-refractivity contribution in [3.05, 3.63) is 62.1 Å². The molecule has 0 saturated carbocycles. The molecule has 196 valence electrons. The van der Waals surface area contributed by atoms with E-state index in [0.717, 1.165) is 18.4 Å². The zero-order chi connectivity index (χ0) is 27.2. The molecular formula is C22H26Cl2N4O7S. The Labute approximate surface area is 219 Å². The normalized spacial score (nSPS) is 11.9. The number of halogens is 2. The summed E-state index contributed by atoms with van der Waals surface area (Å²) in [4.78, 5) is 38.0. The molecule has 0 aliphatic carbocycles. The van der Waals surface area contributed by atoms with Crippen LogP contribution in [0.3, 0.4) is 0 Å². The number of nitrogens with one attached hydrogen (secondary N) is 1. The van der Waals surface area contributed by atoms with E-state index in [1.54, 1.807) is 25.1 Å². The summed E-state index contributed by atoms with van der Waals surface area (Å²) in [7, 11) is -1.47. The monoisotopic (exact) mass is 560 g/mol. The SMILES string of the molecule is CCC(C(=O)NC)N(Cc1c(Cl)cccc1Cl)C(=O)CN(c1cc([N+](=O)[O-])ccc1OC)S(C)(=O)=O. The molecule has 0 aromatic heterocycles. The second-order valence-electron chi connectivity index (χ2n) is 7.64. The lowest BCUT2D eigenvalue weighted by Gasteiger charge is -2.33. The van der Waals surface area contributed by atoms with E-state index in [1.165, 1.54) is 25.1 Å². The number of nitro groups is 1. The Kier molecular flexibility index (Phi) is 9.91. The Balaban J connectivity index is 2.61. The first-order chi connectivity index (χ1) is 16.8. The van der Waals surface area contributed by atoms with E-state index in [4.69, 9.17) is 27.9 Å². The summed E-state index contributed by atoms with van der Waals surface area (Å²) in [5, 5.41) is 14.3. The molecule has 0 bridgehead atoms. The number of hydrogen-bond acceptors (Lipinski definition) is 7. The van der Waals surface area contributed by atoms with Crippen LogP contribution in [0.25, 0.3) is 0 Å². The van der Waals surface area contributed by atoms with Crippen LogP contribution in [-0.4, -0.2) is 63.1 Å². The van der Waals surface area contributed by atoms with E-state index in [2.05, 4.69) is 5.32 Å². The number of anilines is 1. The summed E-state index contributed by atoms with van der Waals surface area (Å²) in [6, 6.07) is 7.16. The van der Waals surface area contributed by atoms with Gasteiger partial charge in [0.2, 0.25) is 21.8 Å². The molecule has 1 atom stereocenters. The van der Waals surface area contributed by atoms with Gasteiger partial charge in [0, 0.05) is 41.3 Å². The first-order valence-electron chi connectivity index (χ1n) is 10.6. The largest absolute Gasteiger partial charge is 0.495 e. The molecule has 0 spiro atoms. The maximum Gasteiger partial charge on any atom is 0.271 e. The van der Waals surface area contributed by atoms with Gasteiger partial charge in [0.25, 0.3) is 5.69 Å². The molecule has 2 aromatic carbocycles. The Morgan fingerprint density at radius 3 is 2.28 bits per heavy atom. The number of sulfonamides is 1. The van der Waals surface area contributed by atoms with Gasteiger partial charge in [-0.3, -0.25) is 24.0 Å². The van der Waals surface area contributed by atoms with Crippen LogP contribution in [0.2, 0.25) is 10.0 Å². The Morgan fingerprint density at radius 1 is 1.19 bits per heavy atom. The lowest BCUT2D eigenvalue weighted by molar-refractivity contribution is -0.384. The molecule has 11 nitrogen and oxygen atoms in total. The number of non-ortho nitro benzene ring substituents is 1. The molecule has 0 saturated heterocycles. The van der Waals surface area contributed by atoms with E-state index in [0.29, 0.717) is 9.87 Å². The van der Waals surface area contributed by atoms with Crippen LogP contribution < -0.4 is 14.4 Å². The second kappa shape index (κ2) is 12.2. The topological polar surface area (TPSA) is 139 Å². The van der Waals surface area contributed by atoms with Crippen molar-refractivity contribution in [3.63, 3.8) is 0 Å². The molecule has 1 unspecified atom stereocenters. The van der Waals surface area contributed by atoms with Crippen LogP contribution >= 0.6 is 23.2 Å². The molecule has 0 aliphatic heterocycles. The van der Waals surface area contributed by atoms with Crippen molar-refractivity contribution in [1.29, 1.82) is 0 Å². The van der Waals surface area contributed by atoms with E-state index in [-0.39, 0.29) is 34.4 Å². The number of ether oxygens (including phenoxy) is 1. The van der Waals surface area contributed by atoms with Gasteiger partial charge in [0.05, 0.1) is 18.3 Å². The average Bonchev–Trinajstić information content (AvgIpc) is 2.82. The van der Waals surface area contributed by atoms with Gasteiger partial charge in [-0.15, -0.1) is 0 Å². The van der Waals surface area contributed by atoms with E-state index < -0.39 is 45.0 Å². The number of likely N-dealkylation sites (N-methyl/N-ethyl adjacent to an activating group) is 1. The molecule has 14 heteroatoms. The van der Waals surface area contributed by atoms with E-state index >= 15 is 0 Å². The van der Waals surface area contributed by atoms with Gasteiger partial charge in [-0.05, 0) is 24.6 Å². The summed E-state index contributed by atoms with van der Waals surface area (Å²) in [6.45, 7) is 0.727. The number of nitro benzene ring substituents is 1. The minimum absolute atomic E-state index is 0.00198. The quantitative estimate of drug-likeness (QED) is 0.328. The molecule has 1 N–H and O–H groups in total. The second-order valence-corrected chi connectivity index (χ2v) is 10.4. The van der Waals surface area contributed by atoms with E-state index in [1.807, 2.05) is 0 Å². The van der Waals surface area contributed by atoms with Gasteiger partial charge in [-0.2, -0.15) is 0 Å². The predicted octanol–water partition coefficient (Wildman–Crippen LogP) is 3.23. The van der Waals surface area contributed by atoms with Crippen LogP contribution in [0.1, 0.15) is 18.9 Å². The van der Waals surface area contributed by atoms with Crippen LogP contribution in [0, 0.1) is 10.1 Å². The molecule has 2 amide bonds. The zero-order valence-electron chi connectivity index (χ0n) is 20.0. The highest BCUT2D eigenvalue weighted by Crippen LogP contribution is 2.34. The van der Waals surface area contributed by atoms with Crippen molar-refractivity contribution < 1.29 is 27.7 Å². The third kappa shape index (κ3) is 6.77. The van der Waals surface area contributed by atoms with Gasteiger partial charge >= 0.3 is 0 Å². The number of hydrogen-bond donors (Lipinski definition) is 1. The highest BCUT2D eigenvalue weighted by molar-refractivity contribution is 7.92. The predicted molar refractivity (Wildman–Crippen MR) is 137 cm³/mol. The number of benzene rings is 2. The van der Waals surface area contributed by atoms with Gasteiger partial charge < -0.3 is 15.0 Å². The van der Waals surface area contributed by atoms with Crippen molar-refractivity contribution in [1.82, 2.24) is 10.2 Å². The molecule has 2 rings (SSSR count). The van der Waals surface area contributed by atoms with Crippen molar-refractivity contribution in [3.8, 4) is 5.75 Å². The summed E-state index contributed by atoms with van der Waals surface area (Å²) in [5.41, 5.74) is -0.231. The zero-order valence-corrected chi connectivity index (χ0v) is 22.4. The van der Waals surface area contributed by atoms with Crippen LogP contribution in [0.4, 0.5) is 11.4 Å². The highest BCUT2D eigenvalue weighted by Gasteiger charge is 2.33. The fourth-order valence-electron chi connectivity index (χ4n) is 3.52. The number of nitrogens with zero attached hydrogens (tertiary/aromatic N) is 3. The number of carbonyl (C=O) groups excluding carboxylic acids is 2. The minimum Gasteiger partial charge on any atom is -0.495 e. The van der Waals surface area contributed by atoms with Gasteiger partial charge in [-0.1, -0.05) is 36.2 Å². The van der Waals surface area contributed by atoms with Crippen molar-refractivity contribution in [2.45, 2.75) is 25.9 Å².